The van der Waals surface area contributed by atoms with E-state index in [1.54, 1.807) is 0 Å². The molecular formula is C21H31N3O6. The van der Waals surface area contributed by atoms with Crippen molar-refractivity contribution in [3.63, 3.8) is 0 Å². The lowest BCUT2D eigenvalue weighted by molar-refractivity contribution is -0.139. The zero-order valence-corrected chi connectivity index (χ0v) is 17.1. The zero-order valence-electron chi connectivity index (χ0n) is 17.1. The normalized spacial score (nSPS) is 34.7. The van der Waals surface area contributed by atoms with Crippen LogP contribution in [0.25, 0.3) is 0 Å². The topological polar surface area (TPSA) is 139 Å². The number of primary amides is 1. The van der Waals surface area contributed by atoms with Crippen LogP contribution in [0.1, 0.15) is 57.8 Å². The summed E-state index contributed by atoms with van der Waals surface area (Å²) in [5.41, 5.74) is 5.44. The van der Waals surface area contributed by atoms with Crippen LogP contribution in [-0.2, 0) is 19.1 Å². The number of nitrogens with one attached hydrogen (secondary N) is 1. The number of carbonyl (C=O) groups is 4. The minimum absolute atomic E-state index is 0.0857. The van der Waals surface area contributed by atoms with Crippen LogP contribution in [0.4, 0.5) is 4.79 Å². The molecular weight excluding hydrogens is 390 g/mol. The molecule has 9 nitrogen and oxygen atoms in total. The van der Waals surface area contributed by atoms with Gasteiger partial charge in [0, 0.05) is 6.54 Å². The molecule has 0 aromatic rings. The summed E-state index contributed by atoms with van der Waals surface area (Å²) in [6.07, 6.45) is 5.94. The molecule has 9 heteroatoms. The van der Waals surface area contributed by atoms with Crippen LogP contribution < -0.4 is 11.1 Å². The van der Waals surface area contributed by atoms with Crippen LogP contribution in [-0.4, -0.2) is 58.6 Å². The second kappa shape index (κ2) is 8.43. The number of alkyl carbamates (subject to hydrolysis) is 1. The fraction of sp³-hybridized carbons (Fsp3) is 0.810. The van der Waals surface area contributed by atoms with Crippen molar-refractivity contribution >= 4 is 23.9 Å². The molecule has 30 heavy (non-hydrogen) atoms. The van der Waals surface area contributed by atoms with Gasteiger partial charge in [-0.3, -0.25) is 14.4 Å². The minimum Gasteiger partial charge on any atom is -0.481 e. The number of hydrogen-bond donors (Lipinski definition) is 3. The number of carboxylic acids is 1. The highest BCUT2D eigenvalue weighted by atomic mass is 16.6. The summed E-state index contributed by atoms with van der Waals surface area (Å²) in [5, 5.41) is 11.8. The number of ether oxygens (including phenoxy) is 1. The van der Waals surface area contributed by atoms with Crippen LogP contribution in [0.2, 0.25) is 0 Å². The second-order valence-corrected chi connectivity index (χ2v) is 9.41. The third kappa shape index (κ3) is 4.70. The van der Waals surface area contributed by atoms with Crippen molar-refractivity contribution in [2.75, 3.05) is 6.54 Å². The first-order valence-electron chi connectivity index (χ1n) is 11.1. The predicted molar refractivity (Wildman–Crippen MR) is 105 cm³/mol. The van der Waals surface area contributed by atoms with Crippen LogP contribution in [0.15, 0.2) is 0 Å². The molecule has 0 spiro atoms. The maximum atomic E-state index is 13.1. The van der Waals surface area contributed by atoms with Crippen molar-refractivity contribution in [3.05, 3.63) is 0 Å². The van der Waals surface area contributed by atoms with E-state index in [2.05, 4.69) is 5.32 Å². The predicted octanol–water partition coefficient (Wildman–Crippen LogP) is 1.25. The molecule has 4 rings (SSSR count). The number of rotatable bonds is 9. The molecule has 4 aliphatic rings. The molecule has 4 fully saturated rings. The Morgan fingerprint density at radius 3 is 2.50 bits per heavy atom. The van der Waals surface area contributed by atoms with E-state index in [1.807, 2.05) is 0 Å². The van der Waals surface area contributed by atoms with Gasteiger partial charge in [0.05, 0.1) is 5.92 Å². The number of likely N-dealkylation sites (tertiary alicyclic amines) is 1. The highest BCUT2D eigenvalue weighted by molar-refractivity contribution is 5.91. The Balaban J connectivity index is 1.32. The second-order valence-electron chi connectivity index (χ2n) is 9.41. The summed E-state index contributed by atoms with van der Waals surface area (Å²) in [6, 6.07) is -1.44. The lowest BCUT2D eigenvalue weighted by atomic mass is 10.0. The van der Waals surface area contributed by atoms with E-state index in [4.69, 9.17) is 15.6 Å². The molecule has 166 valence electrons. The number of fused-ring (bicyclic) bond motifs is 1. The molecule has 1 heterocycles. The van der Waals surface area contributed by atoms with Crippen LogP contribution in [0.5, 0.6) is 0 Å². The average Bonchev–Trinajstić information content (AvgIpc) is 3.51. The molecule has 3 amide bonds. The van der Waals surface area contributed by atoms with Crippen molar-refractivity contribution < 1.29 is 29.0 Å². The van der Waals surface area contributed by atoms with Gasteiger partial charge in [-0.15, -0.1) is 0 Å². The van der Waals surface area contributed by atoms with E-state index in [-0.39, 0.29) is 23.8 Å². The highest BCUT2D eigenvalue weighted by Gasteiger charge is 2.47. The number of nitrogens with two attached hydrogens (primary N) is 1. The summed E-state index contributed by atoms with van der Waals surface area (Å²) < 4.78 is 5.53. The van der Waals surface area contributed by atoms with Gasteiger partial charge in [0.1, 0.15) is 18.2 Å². The fourth-order valence-corrected chi connectivity index (χ4v) is 5.32. The SMILES string of the molecule is NC(=O)[C@@H]1CCCN1C(=O)[C@H](CCC[C@@H]1C[C@@H]1C(=O)O)NC(=O)OC1CC2CC2C1. The maximum absolute atomic E-state index is 13.1. The van der Waals surface area contributed by atoms with Crippen molar-refractivity contribution in [1.29, 1.82) is 0 Å². The number of carbonyl (C=O) groups excluding carboxylic acids is 3. The fourth-order valence-electron chi connectivity index (χ4n) is 5.32. The molecule has 0 aromatic heterocycles. The molecule has 3 aliphatic carbocycles. The molecule has 0 aromatic carbocycles. The summed E-state index contributed by atoms with van der Waals surface area (Å²) >= 11 is 0. The Labute approximate surface area is 175 Å². The Morgan fingerprint density at radius 2 is 1.87 bits per heavy atom. The Kier molecular flexibility index (Phi) is 5.88. The molecule has 6 atom stereocenters. The standard InChI is InChI=1S/C21H31N3O6/c22-18(25)17-5-2-6-24(17)19(26)16(4-1-3-11-10-15(11)20(27)28)23-21(29)30-14-8-12-7-13(12)9-14/h11-17H,1-10H2,(H2,22,25)(H,23,29)(H,27,28)/t11-,12?,13?,14?,15+,16+,17+/m1/s1. The van der Waals surface area contributed by atoms with E-state index in [0.717, 1.165) is 12.8 Å². The van der Waals surface area contributed by atoms with E-state index in [0.29, 0.717) is 56.9 Å². The number of aliphatic carboxylic acids is 1. The molecule has 4 N–H and O–H groups in total. The van der Waals surface area contributed by atoms with Crippen molar-refractivity contribution in [2.45, 2.75) is 76.0 Å². The van der Waals surface area contributed by atoms with E-state index < -0.39 is 30.1 Å². The summed E-state index contributed by atoms with van der Waals surface area (Å²) in [6.45, 7) is 0.440. The van der Waals surface area contributed by atoms with E-state index in [9.17, 15) is 19.2 Å². The lowest BCUT2D eigenvalue weighted by Gasteiger charge is -2.28. The van der Waals surface area contributed by atoms with Gasteiger partial charge in [-0.1, -0.05) is 6.42 Å². The Morgan fingerprint density at radius 1 is 1.13 bits per heavy atom. The third-order valence-electron chi connectivity index (χ3n) is 7.24. The van der Waals surface area contributed by atoms with Gasteiger partial charge in [0.2, 0.25) is 11.8 Å². The lowest BCUT2D eigenvalue weighted by Crippen LogP contribution is -2.53. The van der Waals surface area contributed by atoms with Gasteiger partial charge < -0.3 is 25.8 Å². The summed E-state index contributed by atoms with van der Waals surface area (Å²) in [7, 11) is 0. The van der Waals surface area contributed by atoms with Gasteiger partial charge in [-0.2, -0.15) is 0 Å². The first-order chi connectivity index (χ1) is 14.3. The minimum atomic E-state index is -0.796. The van der Waals surface area contributed by atoms with Crippen molar-refractivity contribution in [1.82, 2.24) is 10.2 Å². The van der Waals surface area contributed by atoms with Gasteiger partial charge in [-0.25, -0.2) is 4.79 Å². The highest BCUT2D eigenvalue weighted by Crippen LogP contribution is 2.52. The monoisotopic (exact) mass is 421 g/mol. The molecule has 0 radical (unpaired) electrons. The maximum Gasteiger partial charge on any atom is 0.408 e. The van der Waals surface area contributed by atoms with Crippen molar-refractivity contribution in [2.24, 2.45) is 29.4 Å². The Hall–Kier alpha value is -2.32. The number of amides is 3. The largest absolute Gasteiger partial charge is 0.481 e. The third-order valence-corrected chi connectivity index (χ3v) is 7.24. The molecule has 3 saturated carbocycles. The first-order valence-corrected chi connectivity index (χ1v) is 11.1. The quantitative estimate of drug-likeness (QED) is 0.512. The van der Waals surface area contributed by atoms with E-state index >= 15 is 0 Å². The first kappa shape index (κ1) is 20.9. The van der Waals surface area contributed by atoms with Crippen LogP contribution in [0, 0.1) is 23.7 Å². The van der Waals surface area contributed by atoms with E-state index in [1.165, 1.54) is 11.3 Å². The molecule has 1 aliphatic heterocycles. The van der Waals surface area contributed by atoms with Gasteiger partial charge in [-0.05, 0) is 69.1 Å². The number of carboxylic acid groups (broad SMARTS) is 1. The van der Waals surface area contributed by atoms with Gasteiger partial charge >= 0.3 is 12.1 Å². The van der Waals surface area contributed by atoms with Crippen LogP contribution >= 0.6 is 0 Å². The summed E-state index contributed by atoms with van der Waals surface area (Å²) in [4.78, 5) is 49.7. The molecule has 1 saturated heterocycles. The zero-order chi connectivity index (χ0) is 21.4. The average molecular weight is 421 g/mol. The van der Waals surface area contributed by atoms with Crippen molar-refractivity contribution in [3.8, 4) is 0 Å². The molecule has 2 unspecified atom stereocenters. The summed E-state index contributed by atoms with van der Waals surface area (Å²) in [5.74, 6) is -0.402. The Bertz CT molecular complexity index is 718. The smallest absolute Gasteiger partial charge is 0.408 e. The number of nitrogens with zero attached hydrogens (tertiary/aromatic N) is 1. The van der Waals surface area contributed by atoms with Gasteiger partial charge in [0.25, 0.3) is 0 Å². The number of hydrogen-bond acceptors (Lipinski definition) is 5. The molecule has 0 bridgehead atoms. The van der Waals surface area contributed by atoms with Gasteiger partial charge in [0.15, 0.2) is 0 Å². The van der Waals surface area contributed by atoms with Crippen LogP contribution in [0.3, 0.4) is 0 Å².